The van der Waals surface area contributed by atoms with Gasteiger partial charge in [-0.3, -0.25) is 10.4 Å². The maximum Gasteiger partial charge on any atom is 0.126 e. The molecule has 5 heteroatoms. The summed E-state index contributed by atoms with van der Waals surface area (Å²) >= 11 is 0. The summed E-state index contributed by atoms with van der Waals surface area (Å²) in [5, 5.41) is 7.82. The lowest BCUT2D eigenvalue weighted by molar-refractivity contribution is 0.0498. The van der Waals surface area contributed by atoms with Crippen molar-refractivity contribution in [3.05, 3.63) is 23.0 Å². The SMILES string of the molecule is COC1CN(c2cc(C)nc(C)c2C(=N)N)CCC1C. The fourth-order valence-electron chi connectivity index (χ4n) is 2.95. The van der Waals surface area contributed by atoms with Crippen molar-refractivity contribution in [1.82, 2.24) is 4.98 Å². The van der Waals surface area contributed by atoms with Crippen LogP contribution in [0.25, 0.3) is 0 Å². The summed E-state index contributed by atoms with van der Waals surface area (Å²) in [4.78, 5) is 6.70. The maximum atomic E-state index is 7.82. The van der Waals surface area contributed by atoms with Crippen LogP contribution in [0.4, 0.5) is 5.69 Å². The number of methoxy groups -OCH3 is 1. The zero-order valence-corrected chi connectivity index (χ0v) is 12.7. The summed E-state index contributed by atoms with van der Waals surface area (Å²) in [7, 11) is 1.76. The Hall–Kier alpha value is -1.62. The first-order valence-corrected chi connectivity index (χ1v) is 7.04. The topological polar surface area (TPSA) is 75.2 Å². The standard InChI is InChI=1S/C15H24N4O/c1-9-5-6-19(8-13(9)20-4)12-7-10(2)18-11(3)14(12)15(16)17/h7,9,13H,5-6,8H2,1-4H3,(H3,16,17). The van der Waals surface area contributed by atoms with Crippen LogP contribution < -0.4 is 10.6 Å². The quantitative estimate of drug-likeness (QED) is 0.652. The van der Waals surface area contributed by atoms with Crippen LogP contribution in [0.15, 0.2) is 6.07 Å². The predicted molar refractivity (Wildman–Crippen MR) is 81.5 cm³/mol. The molecule has 20 heavy (non-hydrogen) atoms. The highest BCUT2D eigenvalue weighted by molar-refractivity contribution is 6.01. The molecular weight excluding hydrogens is 252 g/mol. The Labute approximate surface area is 120 Å². The molecule has 1 aliphatic rings. The number of ether oxygens (including phenoxy) is 1. The molecule has 110 valence electrons. The molecule has 1 fully saturated rings. The van der Waals surface area contributed by atoms with Gasteiger partial charge in [0, 0.05) is 25.9 Å². The van der Waals surface area contributed by atoms with E-state index in [1.807, 2.05) is 19.9 Å². The normalized spacial score (nSPS) is 22.9. The predicted octanol–water partition coefficient (Wildman–Crippen LogP) is 1.84. The second-order valence-electron chi connectivity index (χ2n) is 5.64. The smallest absolute Gasteiger partial charge is 0.126 e. The molecule has 0 aromatic carbocycles. The van der Waals surface area contributed by atoms with Gasteiger partial charge < -0.3 is 15.4 Å². The second-order valence-corrected chi connectivity index (χ2v) is 5.64. The molecule has 5 nitrogen and oxygen atoms in total. The number of nitrogens with two attached hydrogens (primary N) is 1. The van der Waals surface area contributed by atoms with Gasteiger partial charge in [0.1, 0.15) is 5.84 Å². The number of nitrogen functional groups attached to an aromatic ring is 1. The number of rotatable bonds is 3. The van der Waals surface area contributed by atoms with Crippen LogP contribution >= 0.6 is 0 Å². The molecule has 2 unspecified atom stereocenters. The maximum absolute atomic E-state index is 7.82. The lowest BCUT2D eigenvalue weighted by Crippen LogP contribution is -2.44. The van der Waals surface area contributed by atoms with Crippen LogP contribution in [0.2, 0.25) is 0 Å². The molecule has 0 radical (unpaired) electrons. The third-order valence-corrected chi connectivity index (χ3v) is 4.11. The van der Waals surface area contributed by atoms with Gasteiger partial charge in [-0.1, -0.05) is 6.92 Å². The summed E-state index contributed by atoms with van der Waals surface area (Å²) < 4.78 is 5.57. The van der Waals surface area contributed by atoms with E-state index in [2.05, 4.69) is 16.8 Å². The highest BCUT2D eigenvalue weighted by atomic mass is 16.5. The highest BCUT2D eigenvalue weighted by Crippen LogP contribution is 2.29. The first-order chi connectivity index (χ1) is 9.43. The Balaban J connectivity index is 2.39. The van der Waals surface area contributed by atoms with E-state index >= 15 is 0 Å². The van der Waals surface area contributed by atoms with Gasteiger partial charge >= 0.3 is 0 Å². The summed E-state index contributed by atoms with van der Waals surface area (Å²) in [6.45, 7) is 7.90. The van der Waals surface area contributed by atoms with E-state index in [-0.39, 0.29) is 11.9 Å². The van der Waals surface area contributed by atoms with E-state index in [9.17, 15) is 0 Å². The van der Waals surface area contributed by atoms with Crippen molar-refractivity contribution in [3.8, 4) is 0 Å². The molecule has 0 aliphatic carbocycles. The number of nitrogens with one attached hydrogen (secondary N) is 1. The van der Waals surface area contributed by atoms with E-state index in [0.717, 1.165) is 42.1 Å². The minimum atomic E-state index is 0.0811. The number of aromatic nitrogens is 1. The third-order valence-electron chi connectivity index (χ3n) is 4.11. The molecular formula is C15H24N4O. The number of piperidine rings is 1. The lowest BCUT2D eigenvalue weighted by Gasteiger charge is -2.38. The molecule has 3 N–H and O–H groups in total. The van der Waals surface area contributed by atoms with Crippen LogP contribution in [-0.2, 0) is 4.74 Å². The molecule has 0 saturated carbocycles. The number of aryl methyl sites for hydroxylation is 2. The van der Waals surface area contributed by atoms with E-state index < -0.39 is 0 Å². The van der Waals surface area contributed by atoms with Crippen LogP contribution in [0.1, 0.15) is 30.3 Å². The van der Waals surface area contributed by atoms with Crippen LogP contribution in [0, 0.1) is 25.2 Å². The van der Waals surface area contributed by atoms with Gasteiger partial charge in [-0.05, 0) is 32.3 Å². The van der Waals surface area contributed by atoms with E-state index in [4.69, 9.17) is 15.9 Å². The van der Waals surface area contributed by atoms with Crippen molar-refractivity contribution in [2.75, 3.05) is 25.1 Å². The Morgan fingerprint density at radius 1 is 1.50 bits per heavy atom. The third kappa shape index (κ3) is 2.77. The Morgan fingerprint density at radius 2 is 2.20 bits per heavy atom. The number of amidine groups is 1. The van der Waals surface area contributed by atoms with Gasteiger partial charge in [0.15, 0.2) is 0 Å². The molecule has 2 rings (SSSR count). The van der Waals surface area contributed by atoms with Crippen molar-refractivity contribution in [2.45, 2.75) is 33.3 Å². The minimum Gasteiger partial charge on any atom is -0.384 e. The number of hydrogen-bond acceptors (Lipinski definition) is 4. The van der Waals surface area contributed by atoms with E-state index in [1.54, 1.807) is 7.11 Å². The molecule has 1 aromatic rings. The van der Waals surface area contributed by atoms with Gasteiger partial charge in [0.05, 0.1) is 23.0 Å². The zero-order chi connectivity index (χ0) is 14.9. The van der Waals surface area contributed by atoms with Crippen LogP contribution in [0.3, 0.4) is 0 Å². The lowest BCUT2D eigenvalue weighted by atomic mass is 9.94. The zero-order valence-electron chi connectivity index (χ0n) is 12.7. The number of anilines is 1. The van der Waals surface area contributed by atoms with Crippen molar-refractivity contribution in [3.63, 3.8) is 0 Å². The molecule has 1 aromatic heterocycles. The molecule has 2 atom stereocenters. The number of pyridine rings is 1. The molecule has 0 spiro atoms. The summed E-state index contributed by atoms with van der Waals surface area (Å²) in [5.74, 6) is 0.638. The molecule has 0 amide bonds. The van der Waals surface area contributed by atoms with Gasteiger partial charge in [0.25, 0.3) is 0 Å². The van der Waals surface area contributed by atoms with Crippen molar-refractivity contribution < 1.29 is 4.74 Å². The minimum absolute atomic E-state index is 0.0811. The Kier molecular flexibility index (Phi) is 4.28. The van der Waals surface area contributed by atoms with Crippen molar-refractivity contribution in [1.29, 1.82) is 5.41 Å². The first-order valence-electron chi connectivity index (χ1n) is 7.04. The number of nitrogens with zero attached hydrogens (tertiary/aromatic N) is 2. The Bertz CT molecular complexity index is 515. The summed E-state index contributed by atoms with van der Waals surface area (Å²) in [6.07, 6.45) is 1.30. The van der Waals surface area contributed by atoms with Gasteiger partial charge in [0.2, 0.25) is 0 Å². The summed E-state index contributed by atoms with van der Waals surface area (Å²) in [5.41, 5.74) is 9.29. The Morgan fingerprint density at radius 3 is 2.80 bits per heavy atom. The van der Waals surface area contributed by atoms with E-state index in [0.29, 0.717) is 5.92 Å². The molecule has 2 heterocycles. The van der Waals surface area contributed by atoms with Crippen molar-refractivity contribution in [2.24, 2.45) is 11.7 Å². The fraction of sp³-hybridized carbons (Fsp3) is 0.600. The fourth-order valence-corrected chi connectivity index (χ4v) is 2.95. The largest absolute Gasteiger partial charge is 0.384 e. The van der Waals surface area contributed by atoms with Gasteiger partial charge in [-0.25, -0.2) is 0 Å². The monoisotopic (exact) mass is 276 g/mol. The van der Waals surface area contributed by atoms with Gasteiger partial charge in [-0.15, -0.1) is 0 Å². The molecule has 1 saturated heterocycles. The van der Waals surface area contributed by atoms with Gasteiger partial charge in [-0.2, -0.15) is 0 Å². The van der Waals surface area contributed by atoms with Crippen LogP contribution in [0.5, 0.6) is 0 Å². The summed E-state index contributed by atoms with van der Waals surface area (Å²) in [6, 6.07) is 2.02. The average Bonchev–Trinajstić information content (AvgIpc) is 2.37. The van der Waals surface area contributed by atoms with Crippen LogP contribution in [-0.4, -0.2) is 37.1 Å². The van der Waals surface area contributed by atoms with E-state index in [1.165, 1.54) is 0 Å². The molecule has 1 aliphatic heterocycles. The first kappa shape index (κ1) is 14.8. The van der Waals surface area contributed by atoms with Crippen molar-refractivity contribution >= 4 is 11.5 Å². The highest BCUT2D eigenvalue weighted by Gasteiger charge is 2.28. The number of hydrogen-bond donors (Lipinski definition) is 2. The molecule has 0 bridgehead atoms. The average molecular weight is 276 g/mol. The second kappa shape index (κ2) is 5.79.